The maximum atomic E-state index is 14.3. The maximum absolute atomic E-state index is 14.3. The Morgan fingerprint density at radius 2 is 1.38 bits per heavy atom. The molecular formula is C22H19F4NO7S3. The van der Waals surface area contributed by atoms with Crippen molar-refractivity contribution in [2.45, 2.75) is 38.1 Å². The highest BCUT2D eigenvalue weighted by atomic mass is 32.2. The summed E-state index contributed by atoms with van der Waals surface area (Å²) in [5.74, 6) is -1.12. The van der Waals surface area contributed by atoms with Gasteiger partial charge < -0.3 is 4.74 Å². The summed E-state index contributed by atoms with van der Waals surface area (Å²) in [5, 5.41) is 0. The summed E-state index contributed by atoms with van der Waals surface area (Å²) in [6, 6.07) is 10.2. The lowest BCUT2D eigenvalue weighted by Gasteiger charge is -2.17. The standard InChI is InChI=1S/C22H19F4NO7S3/c1-14(27-37(32,33)22(24,25)26)15-7-10-17(11-8-15)35(28,29)20-12-9-16(34-2)13-21(20)36(30,31)19-6-4-3-5-18(19)23/h3-14,27H,1-2H3. The normalized spacial score (nSPS) is 13.8. The third kappa shape index (κ3) is 5.63. The molecule has 0 fully saturated rings. The highest BCUT2D eigenvalue weighted by Crippen LogP contribution is 2.35. The van der Waals surface area contributed by atoms with E-state index in [1.54, 1.807) is 0 Å². The van der Waals surface area contributed by atoms with E-state index in [0.717, 1.165) is 55.5 Å². The molecule has 0 aromatic heterocycles. The Morgan fingerprint density at radius 1 is 0.784 bits per heavy atom. The molecule has 0 radical (unpaired) electrons. The second-order valence-electron chi connectivity index (χ2n) is 7.61. The van der Waals surface area contributed by atoms with Crippen LogP contribution >= 0.6 is 0 Å². The lowest BCUT2D eigenvalue weighted by atomic mass is 10.1. The van der Waals surface area contributed by atoms with Gasteiger partial charge in [0.25, 0.3) is 0 Å². The van der Waals surface area contributed by atoms with E-state index in [-0.39, 0.29) is 11.3 Å². The van der Waals surface area contributed by atoms with Gasteiger partial charge in [0.15, 0.2) is 0 Å². The molecule has 0 saturated heterocycles. The lowest BCUT2D eigenvalue weighted by Crippen LogP contribution is -2.37. The number of hydrogen-bond donors (Lipinski definition) is 1. The fourth-order valence-electron chi connectivity index (χ4n) is 3.26. The zero-order valence-corrected chi connectivity index (χ0v) is 21.5. The predicted octanol–water partition coefficient (Wildman–Crippen LogP) is 4.00. The van der Waals surface area contributed by atoms with Crippen LogP contribution in [-0.4, -0.2) is 37.9 Å². The molecular weight excluding hydrogens is 562 g/mol. The fourth-order valence-corrected chi connectivity index (χ4v) is 7.40. The van der Waals surface area contributed by atoms with E-state index < -0.39 is 66.6 Å². The smallest absolute Gasteiger partial charge is 0.497 e. The Labute approximate surface area is 210 Å². The average Bonchev–Trinajstić information content (AvgIpc) is 2.82. The monoisotopic (exact) mass is 581 g/mol. The van der Waals surface area contributed by atoms with E-state index in [2.05, 4.69) is 0 Å². The van der Waals surface area contributed by atoms with Gasteiger partial charge in [-0.05, 0) is 48.9 Å². The van der Waals surface area contributed by atoms with E-state index >= 15 is 0 Å². The van der Waals surface area contributed by atoms with Crippen molar-refractivity contribution in [1.29, 1.82) is 0 Å². The molecule has 0 amide bonds. The molecule has 0 aliphatic heterocycles. The van der Waals surface area contributed by atoms with Gasteiger partial charge in [0.1, 0.15) is 16.5 Å². The molecule has 1 unspecified atom stereocenters. The maximum Gasteiger partial charge on any atom is 0.511 e. The average molecular weight is 582 g/mol. The van der Waals surface area contributed by atoms with E-state index in [0.29, 0.717) is 0 Å². The molecule has 0 saturated carbocycles. The molecule has 1 atom stereocenters. The second-order valence-corrected chi connectivity index (χ2v) is 13.1. The largest absolute Gasteiger partial charge is 0.511 e. The van der Waals surface area contributed by atoms with Crippen LogP contribution in [-0.2, 0) is 29.7 Å². The highest BCUT2D eigenvalue weighted by Gasteiger charge is 2.46. The van der Waals surface area contributed by atoms with Crippen LogP contribution in [0.2, 0.25) is 0 Å². The van der Waals surface area contributed by atoms with Gasteiger partial charge in [0.2, 0.25) is 19.7 Å². The van der Waals surface area contributed by atoms with Crippen molar-refractivity contribution in [1.82, 2.24) is 4.72 Å². The molecule has 3 aromatic carbocycles. The molecule has 0 spiro atoms. The van der Waals surface area contributed by atoms with Crippen molar-refractivity contribution in [2.75, 3.05) is 7.11 Å². The first-order valence-electron chi connectivity index (χ1n) is 10.1. The van der Waals surface area contributed by atoms with Crippen molar-refractivity contribution in [2.24, 2.45) is 0 Å². The van der Waals surface area contributed by atoms with Crippen LogP contribution in [0.3, 0.4) is 0 Å². The van der Waals surface area contributed by atoms with E-state index in [9.17, 15) is 42.8 Å². The van der Waals surface area contributed by atoms with E-state index in [4.69, 9.17) is 4.74 Å². The number of benzene rings is 3. The van der Waals surface area contributed by atoms with Crippen molar-refractivity contribution >= 4 is 29.7 Å². The molecule has 0 aliphatic carbocycles. The second kappa shape index (κ2) is 10.0. The molecule has 0 heterocycles. The van der Waals surface area contributed by atoms with Gasteiger partial charge in [-0.2, -0.15) is 13.2 Å². The number of alkyl halides is 3. The Balaban J connectivity index is 2.08. The van der Waals surface area contributed by atoms with Gasteiger partial charge in [0.05, 0.1) is 21.8 Å². The highest BCUT2D eigenvalue weighted by molar-refractivity contribution is 7.94. The summed E-state index contributed by atoms with van der Waals surface area (Å²) in [6.07, 6.45) is 0. The van der Waals surface area contributed by atoms with Gasteiger partial charge in [-0.1, -0.05) is 24.3 Å². The van der Waals surface area contributed by atoms with Crippen LogP contribution in [0, 0.1) is 5.82 Å². The van der Waals surface area contributed by atoms with Crippen LogP contribution in [0.5, 0.6) is 5.75 Å². The number of halogens is 4. The minimum absolute atomic E-state index is 0.000655. The molecule has 0 bridgehead atoms. The first-order chi connectivity index (χ1) is 17.0. The zero-order valence-electron chi connectivity index (χ0n) is 19.0. The molecule has 0 aliphatic rings. The molecule has 3 aromatic rings. The predicted molar refractivity (Wildman–Crippen MR) is 123 cm³/mol. The Bertz CT molecular complexity index is 1640. The van der Waals surface area contributed by atoms with E-state index in [1.807, 2.05) is 0 Å². The zero-order chi connectivity index (χ0) is 27.8. The Hall–Kier alpha value is -3.01. The molecule has 15 heteroatoms. The molecule has 8 nitrogen and oxygen atoms in total. The van der Waals surface area contributed by atoms with Crippen molar-refractivity contribution in [3.63, 3.8) is 0 Å². The van der Waals surface area contributed by atoms with E-state index in [1.165, 1.54) is 30.0 Å². The topological polar surface area (TPSA) is 124 Å². The first kappa shape index (κ1) is 28.6. The SMILES string of the molecule is COc1ccc(S(=O)(=O)c2ccc(C(C)NS(=O)(=O)C(F)(F)F)cc2)c(S(=O)(=O)c2ccccc2F)c1. The lowest BCUT2D eigenvalue weighted by molar-refractivity contribution is -0.0450. The summed E-state index contributed by atoms with van der Waals surface area (Å²) < 4.78 is 135. The fraction of sp³-hybridized carbons (Fsp3) is 0.182. The van der Waals surface area contributed by atoms with Gasteiger partial charge in [0, 0.05) is 12.1 Å². The molecule has 3 rings (SSSR count). The van der Waals surface area contributed by atoms with Crippen LogP contribution in [0.25, 0.3) is 0 Å². The summed E-state index contributed by atoms with van der Waals surface area (Å²) in [4.78, 5) is -2.67. The van der Waals surface area contributed by atoms with Gasteiger partial charge >= 0.3 is 15.5 Å². The minimum Gasteiger partial charge on any atom is -0.497 e. The van der Waals surface area contributed by atoms with Crippen molar-refractivity contribution in [3.05, 3.63) is 78.1 Å². The third-order valence-electron chi connectivity index (χ3n) is 5.18. The summed E-state index contributed by atoms with van der Waals surface area (Å²) in [5.41, 5.74) is -5.54. The third-order valence-corrected chi connectivity index (χ3v) is 10.2. The molecule has 37 heavy (non-hydrogen) atoms. The van der Waals surface area contributed by atoms with Gasteiger partial charge in [-0.3, -0.25) is 0 Å². The van der Waals surface area contributed by atoms with Crippen molar-refractivity contribution in [3.8, 4) is 5.75 Å². The Kier molecular flexibility index (Phi) is 7.75. The molecule has 1 N–H and O–H groups in total. The quantitative estimate of drug-likeness (QED) is 0.399. The number of rotatable bonds is 8. The summed E-state index contributed by atoms with van der Waals surface area (Å²) in [7, 11) is -13.7. The van der Waals surface area contributed by atoms with Gasteiger partial charge in [-0.15, -0.1) is 0 Å². The van der Waals surface area contributed by atoms with Crippen molar-refractivity contribution < 1.29 is 47.6 Å². The Morgan fingerprint density at radius 3 is 1.92 bits per heavy atom. The molecule has 200 valence electrons. The van der Waals surface area contributed by atoms with Crippen LogP contribution in [0.1, 0.15) is 18.5 Å². The van der Waals surface area contributed by atoms with Gasteiger partial charge in [-0.25, -0.2) is 34.4 Å². The minimum atomic E-state index is -5.66. The number of methoxy groups -OCH3 is 1. The number of ether oxygens (including phenoxy) is 1. The summed E-state index contributed by atoms with van der Waals surface area (Å²) in [6.45, 7) is 1.12. The van der Waals surface area contributed by atoms with Crippen LogP contribution < -0.4 is 9.46 Å². The first-order valence-corrected chi connectivity index (χ1v) is 14.6. The summed E-state index contributed by atoms with van der Waals surface area (Å²) >= 11 is 0. The van der Waals surface area contributed by atoms with Crippen LogP contribution in [0.4, 0.5) is 17.6 Å². The van der Waals surface area contributed by atoms with Crippen LogP contribution in [0.15, 0.2) is 86.3 Å². The number of sulfone groups is 2. The number of nitrogens with one attached hydrogen (secondary N) is 1. The number of sulfonamides is 1. The number of hydrogen-bond acceptors (Lipinski definition) is 7.